The average molecular weight is 727 g/mol. The van der Waals surface area contributed by atoms with Crippen molar-refractivity contribution in [1.29, 1.82) is 0 Å². The molecule has 0 saturated carbocycles. The summed E-state index contributed by atoms with van der Waals surface area (Å²) >= 11 is 0. The van der Waals surface area contributed by atoms with Gasteiger partial charge in [-0.3, -0.25) is 0 Å². The topological polar surface area (TPSA) is 105 Å². The molecule has 5 rings (SSSR count). The lowest BCUT2D eigenvalue weighted by atomic mass is 9.97. The molecule has 5 aromatic rings. The van der Waals surface area contributed by atoms with Gasteiger partial charge in [0.15, 0.2) is 0 Å². The Morgan fingerprint density at radius 1 is 0.333 bits per heavy atom. The average Bonchev–Trinajstić information content (AvgIpc) is 3.13. The fourth-order valence-electron chi connectivity index (χ4n) is 6.44. The first kappa shape index (κ1) is 39.2. The number of hydrogen-bond acceptors (Lipinski definition) is 8. The van der Waals surface area contributed by atoms with Crippen LogP contribution in [0.4, 0.5) is 0 Å². The van der Waals surface area contributed by atoms with E-state index in [1.807, 2.05) is 128 Å². The molecule has 8 nitrogen and oxygen atoms in total. The molecule has 0 aromatic heterocycles. The summed E-state index contributed by atoms with van der Waals surface area (Å²) in [5, 5.41) is 0. The minimum atomic E-state index is -0.879. The van der Waals surface area contributed by atoms with Crippen LogP contribution in [0.1, 0.15) is 108 Å². The lowest BCUT2D eigenvalue weighted by molar-refractivity contribution is 0.0407. The van der Waals surface area contributed by atoms with Crippen LogP contribution >= 0.6 is 0 Å². The number of benzene rings is 5. The van der Waals surface area contributed by atoms with Crippen LogP contribution in [0, 0.1) is 55.4 Å². The van der Waals surface area contributed by atoms with E-state index >= 15 is 0 Å². The smallest absolute Gasteiger partial charge is 0.339 e. The van der Waals surface area contributed by atoms with Crippen LogP contribution in [0.3, 0.4) is 0 Å². The zero-order valence-corrected chi connectivity index (χ0v) is 32.2. The summed E-state index contributed by atoms with van der Waals surface area (Å²) in [6, 6.07) is 25.3. The molecule has 0 atom stereocenters. The maximum absolute atomic E-state index is 14.0. The third-order valence-electron chi connectivity index (χ3n) is 10.0. The number of carbonyl (C=O) groups is 4. The van der Waals surface area contributed by atoms with Gasteiger partial charge in [-0.2, -0.15) is 0 Å². The van der Waals surface area contributed by atoms with Gasteiger partial charge in [0.05, 0.1) is 22.3 Å². The lowest BCUT2D eigenvalue weighted by Gasteiger charge is -2.17. The largest absolute Gasteiger partial charge is 0.457 e. The molecule has 278 valence electrons. The summed E-state index contributed by atoms with van der Waals surface area (Å²) in [5.74, 6) is -3.52. The van der Waals surface area contributed by atoms with Crippen molar-refractivity contribution in [3.8, 4) is 0 Å². The van der Waals surface area contributed by atoms with Gasteiger partial charge in [-0.05, 0) is 134 Å². The van der Waals surface area contributed by atoms with Gasteiger partial charge in [-0.25, -0.2) is 19.2 Å². The molecule has 0 unspecified atom stereocenters. The van der Waals surface area contributed by atoms with Crippen LogP contribution in [-0.4, -0.2) is 23.9 Å². The van der Waals surface area contributed by atoms with E-state index < -0.39 is 23.9 Å². The molecule has 0 amide bonds. The summed E-state index contributed by atoms with van der Waals surface area (Å²) in [6.07, 6.45) is 0. The van der Waals surface area contributed by atoms with Crippen molar-refractivity contribution in [3.05, 3.63) is 174 Å². The standard InChI is InChI=1S/C46H46O8/c1-27-13-9-14-28(2)39(27)23-51-43(47)35-21-37(45(49)53-25-41-31(5)17-11-18-32(41)6)38(46(50)54-26-42-33(7)19-12-20-34(42)8)22-36(35)44(48)52-24-40-29(3)15-10-16-30(40)4/h9-22H,23-26H2,1-8H3. The minimum absolute atomic E-state index is 0.0832. The molecule has 0 heterocycles. The van der Waals surface area contributed by atoms with Gasteiger partial charge in [0.1, 0.15) is 26.4 Å². The number of rotatable bonds is 12. The minimum Gasteiger partial charge on any atom is -0.457 e. The van der Waals surface area contributed by atoms with E-state index in [0.717, 1.165) is 66.8 Å². The number of hydrogen-bond donors (Lipinski definition) is 0. The molecule has 0 aliphatic carbocycles. The molecule has 5 aromatic carbocycles. The van der Waals surface area contributed by atoms with E-state index in [2.05, 4.69) is 0 Å². The molecule has 0 fully saturated rings. The molecule has 0 radical (unpaired) electrons. The molecule has 0 aliphatic heterocycles. The van der Waals surface area contributed by atoms with Gasteiger partial charge in [0.2, 0.25) is 0 Å². The Morgan fingerprint density at radius 3 is 0.667 bits per heavy atom. The van der Waals surface area contributed by atoms with E-state index in [9.17, 15) is 19.2 Å². The molecule has 0 bridgehead atoms. The Labute approximate surface area is 317 Å². The summed E-state index contributed by atoms with van der Waals surface area (Å²) in [4.78, 5) is 55.8. The highest BCUT2D eigenvalue weighted by molar-refractivity contribution is 6.10. The Kier molecular flexibility index (Phi) is 12.5. The highest BCUT2D eigenvalue weighted by atomic mass is 16.5. The second kappa shape index (κ2) is 17.2. The first-order valence-corrected chi connectivity index (χ1v) is 17.8. The number of esters is 4. The van der Waals surface area contributed by atoms with Gasteiger partial charge in [0, 0.05) is 0 Å². The van der Waals surface area contributed by atoms with Gasteiger partial charge >= 0.3 is 23.9 Å². The first-order valence-electron chi connectivity index (χ1n) is 17.8. The Morgan fingerprint density at radius 2 is 0.500 bits per heavy atom. The van der Waals surface area contributed by atoms with Gasteiger partial charge in [-0.1, -0.05) is 72.8 Å². The zero-order chi connectivity index (χ0) is 39.1. The van der Waals surface area contributed by atoms with Crippen molar-refractivity contribution >= 4 is 23.9 Å². The Hall–Kier alpha value is -6.02. The number of carbonyl (C=O) groups excluding carboxylic acids is 4. The third kappa shape index (κ3) is 8.94. The highest BCUT2D eigenvalue weighted by Crippen LogP contribution is 2.26. The molecule has 0 spiro atoms. The quantitative estimate of drug-likeness (QED) is 0.0925. The van der Waals surface area contributed by atoms with Crippen LogP contribution in [0.15, 0.2) is 84.9 Å². The van der Waals surface area contributed by atoms with E-state index in [1.165, 1.54) is 12.1 Å². The van der Waals surface area contributed by atoms with Crippen LogP contribution in [0.2, 0.25) is 0 Å². The monoisotopic (exact) mass is 726 g/mol. The second-order valence-corrected chi connectivity index (χ2v) is 13.7. The maximum Gasteiger partial charge on any atom is 0.339 e. The van der Waals surface area contributed by atoms with E-state index in [-0.39, 0.29) is 48.7 Å². The lowest BCUT2D eigenvalue weighted by Crippen LogP contribution is -2.21. The fourth-order valence-corrected chi connectivity index (χ4v) is 6.44. The maximum atomic E-state index is 14.0. The SMILES string of the molecule is Cc1cccc(C)c1COC(=O)c1cc(C(=O)OCc2c(C)cccc2C)c(C(=O)OCc2c(C)cccc2C)cc1C(=O)OCc1c(C)cccc1C. The second-order valence-electron chi connectivity index (χ2n) is 13.7. The van der Waals surface area contributed by atoms with Crippen molar-refractivity contribution in [1.82, 2.24) is 0 Å². The Balaban J connectivity index is 1.58. The van der Waals surface area contributed by atoms with Crippen molar-refractivity contribution in [2.45, 2.75) is 81.8 Å². The molecular weight excluding hydrogens is 680 g/mol. The fraction of sp³-hybridized carbons (Fsp3) is 0.261. The van der Waals surface area contributed by atoms with Crippen molar-refractivity contribution < 1.29 is 38.1 Å². The predicted octanol–water partition coefficient (Wildman–Crippen LogP) is 9.58. The van der Waals surface area contributed by atoms with E-state index in [4.69, 9.17) is 18.9 Å². The molecular formula is C46H46O8. The summed E-state index contributed by atoms with van der Waals surface area (Å²) < 4.78 is 23.1. The van der Waals surface area contributed by atoms with Crippen LogP contribution < -0.4 is 0 Å². The third-order valence-corrected chi connectivity index (χ3v) is 10.0. The highest BCUT2D eigenvalue weighted by Gasteiger charge is 2.30. The molecule has 0 N–H and O–H groups in total. The molecule has 54 heavy (non-hydrogen) atoms. The summed E-state index contributed by atoms with van der Waals surface area (Å²) in [5.41, 5.74) is 9.63. The number of ether oxygens (including phenoxy) is 4. The first-order chi connectivity index (χ1) is 25.8. The van der Waals surface area contributed by atoms with Gasteiger partial charge < -0.3 is 18.9 Å². The normalized spacial score (nSPS) is 10.8. The van der Waals surface area contributed by atoms with Gasteiger partial charge in [-0.15, -0.1) is 0 Å². The molecule has 8 heteroatoms. The van der Waals surface area contributed by atoms with E-state index in [0.29, 0.717) is 0 Å². The molecule has 0 aliphatic rings. The van der Waals surface area contributed by atoms with Crippen molar-refractivity contribution in [3.63, 3.8) is 0 Å². The van der Waals surface area contributed by atoms with Crippen LogP contribution in [0.25, 0.3) is 0 Å². The van der Waals surface area contributed by atoms with Crippen LogP contribution in [-0.2, 0) is 45.4 Å². The van der Waals surface area contributed by atoms with Crippen molar-refractivity contribution in [2.75, 3.05) is 0 Å². The predicted molar refractivity (Wildman–Crippen MR) is 207 cm³/mol. The van der Waals surface area contributed by atoms with Crippen LogP contribution in [0.5, 0.6) is 0 Å². The molecule has 0 saturated heterocycles. The Bertz CT molecular complexity index is 1850. The summed E-state index contributed by atoms with van der Waals surface area (Å²) in [6.45, 7) is 15.0. The van der Waals surface area contributed by atoms with Crippen molar-refractivity contribution in [2.24, 2.45) is 0 Å². The zero-order valence-electron chi connectivity index (χ0n) is 32.2. The summed E-state index contributed by atoms with van der Waals surface area (Å²) in [7, 11) is 0. The van der Waals surface area contributed by atoms with E-state index in [1.54, 1.807) is 0 Å². The number of aryl methyl sites for hydroxylation is 8. The van der Waals surface area contributed by atoms with Gasteiger partial charge in [0.25, 0.3) is 0 Å².